The molecule has 0 spiro atoms. The Morgan fingerprint density at radius 3 is 3.12 bits per heavy atom. The van der Waals surface area contributed by atoms with Crippen LogP contribution in [-0.4, -0.2) is 47.4 Å². The Morgan fingerprint density at radius 2 is 2.32 bits per heavy atom. The molecule has 1 N–H and O–H groups in total. The van der Waals surface area contributed by atoms with Gasteiger partial charge >= 0.3 is 0 Å². The largest absolute Gasteiger partial charge is 0.361 e. The summed E-state index contributed by atoms with van der Waals surface area (Å²) in [6.07, 6.45) is 7.37. The molecule has 2 aliphatic rings. The molecular formula is C20H21N3O2. The van der Waals surface area contributed by atoms with Gasteiger partial charge < -0.3 is 4.98 Å². The maximum Gasteiger partial charge on any atom is 0.250 e. The van der Waals surface area contributed by atoms with Crippen LogP contribution in [0.25, 0.3) is 10.9 Å². The van der Waals surface area contributed by atoms with Crippen molar-refractivity contribution >= 4 is 29.3 Å². The number of likely N-dealkylation sites (tertiary alicyclic amines) is 1. The third-order valence-corrected chi connectivity index (χ3v) is 5.55. The second-order valence-corrected chi connectivity index (χ2v) is 6.89. The number of aldehydes is 1. The molecule has 0 unspecified atom stereocenters. The van der Waals surface area contributed by atoms with Crippen LogP contribution in [0.1, 0.15) is 23.5 Å². The molecule has 128 valence electrons. The van der Waals surface area contributed by atoms with E-state index in [0.29, 0.717) is 24.8 Å². The van der Waals surface area contributed by atoms with Crippen molar-refractivity contribution in [3.63, 3.8) is 0 Å². The molecule has 5 heteroatoms. The molecule has 0 radical (unpaired) electrons. The lowest BCUT2D eigenvalue weighted by atomic mass is 9.72. The van der Waals surface area contributed by atoms with Gasteiger partial charge in [-0.15, -0.1) is 6.58 Å². The van der Waals surface area contributed by atoms with Gasteiger partial charge in [-0.05, 0) is 30.0 Å². The number of aromatic amines is 1. The van der Waals surface area contributed by atoms with Crippen LogP contribution in [0.5, 0.6) is 0 Å². The van der Waals surface area contributed by atoms with Gasteiger partial charge in [-0.1, -0.05) is 18.2 Å². The van der Waals surface area contributed by atoms with Gasteiger partial charge in [-0.3, -0.25) is 14.5 Å². The number of piperidine rings is 1. The van der Waals surface area contributed by atoms with E-state index in [0.717, 1.165) is 31.1 Å². The number of rotatable bonds is 4. The number of H-pyrrole nitrogens is 1. The van der Waals surface area contributed by atoms with Crippen molar-refractivity contribution in [2.45, 2.75) is 24.8 Å². The zero-order valence-electron chi connectivity index (χ0n) is 14.0. The molecule has 2 aromatic rings. The SMILES string of the molecule is C=CCN1C[C@H](C(=O)N=CC=O)C[C@@H]2c3cccc4[nH]cc(c34)C[C@H]21. The van der Waals surface area contributed by atoms with E-state index in [9.17, 15) is 9.59 Å². The number of nitrogens with zero attached hydrogens (tertiary/aromatic N) is 2. The van der Waals surface area contributed by atoms with Crippen molar-refractivity contribution in [3.8, 4) is 0 Å². The first-order chi connectivity index (χ1) is 12.2. The normalized spacial score (nSPS) is 25.8. The van der Waals surface area contributed by atoms with Gasteiger partial charge in [0, 0.05) is 42.1 Å². The molecule has 1 amide bonds. The summed E-state index contributed by atoms with van der Waals surface area (Å²) in [4.78, 5) is 32.4. The van der Waals surface area contributed by atoms with Crippen LogP contribution in [0.3, 0.4) is 0 Å². The second-order valence-electron chi connectivity index (χ2n) is 6.89. The summed E-state index contributed by atoms with van der Waals surface area (Å²) < 4.78 is 0. The highest BCUT2D eigenvalue weighted by atomic mass is 16.1. The fourth-order valence-electron chi connectivity index (χ4n) is 4.56. The Hall–Kier alpha value is -2.53. The zero-order chi connectivity index (χ0) is 17.4. The number of fused-ring (bicyclic) bond motifs is 2. The van der Waals surface area contributed by atoms with E-state index in [1.54, 1.807) is 0 Å². The van der Waals surface area contributed by atoms with E-state index >= 15 is 0 Å². The number of hydrogen-bond donors (Lipinski definition) is 1. The summed E-state index contributed by atoms with van der Waals surface area (Å²) in [6.45, 7) is 5.29. The van der Waals surface area contributed by atoms with Gasteiger partial charge in [-0.2, -0.15) is 0 Å². The fourth-order valence-corrected chi connectivity index (χ4v) is 4.56. The van der Waals surface area contributed by atoms with Crippen molar-refractivity contribution in [2.24, 2.45) is 10.9 Å². The van der Waals surface area contributed by atoms with Crippen LogP contribution in [0.15, 0.2) is 42.0 Å². The molecule has 1 saturated heterocycles. The Labute approximate surface area is 146 Å². The maximum atomic E-state index is 12.4. The lowest BCUT2D eigenvalue weighted by molar-refractivity contribution is -0.124. The van der Waals surface area contributed by atoms with E-state index in [-0.39, 0.29) is 11.8 Å². The first kappa shape index (κ1) is 16.0. The van der Waals surface area contributed by atoms with Crippen molar-refractivity contribution in [3.05, 3.63) is 48.2 Å². The number of carbonyl (C=O) groups excluding carboxylic acids is 2. The molecule has 5 nitrogen and oxygen atoms in total. The van der Waals surface area contributed by atoms with Crippen molar-refractivity contribution in [1.29, 1.82) is 0 Å². The summed E-state index contributed by atoms with van der Waals surface area (Å²) in [5, 5.41) is 1.31. The van der Waals surface area contributed by atoms with E-state index in [4.69, 9.17) is 0 Å². The van der Waals surface area contributed by atoms with Crippen molar-refractivity contribution in [1.82, 2.24) is 9.88 Å². The summed E-state index contributed by atoms with van der Waals surface area (Å²) >= 11 is 0. The minimum absolute atomic E-state index is 0.187. The summed E-state index contributed by atoms with van der Waals surface area (Å²) in [7, 11) is 0. The molecule has 3 atom stereocenters. The monoisotopic (exact) mass is 335 g/mol. The van der Waals surface area contributed by atoms with E-state index < -0.39 is 0 Å². The van der Waals surface area contributed by atoms with Gasteiger partial charge in [0.25, 0.3) is 0 Å². The summed E-state index contributed by atoms with van der Waals surface area (Å²) in [5.74, 6) is -0.0964. The molecule has 2 heterocycles. The van der Waals surface area contributed by atoms with E-state index in [2.05, 4.69) is 45.9 Å². The quantitative estimate of drug-likeness (QED) is 0.530. The molecule has 1 aromatic heterocycles. The minimum atomic E-state index is -0.202. The lowest BCUT2D eigenvalue weighted by Gasteiger charge is -2.46. The van der Waals surface area contributed by atoms with Crippen molar-refractivity contribution < 1.29 is 9.59 Å². The van der Waals surface area contributed by atoms with Gasteiger partial charge in [0.15, 0.2) is 6.29 Å². The first-order valence-corrected chi connectivity index (χ1v) is 8.68. The molecule has 0 saturated carbocycles. The number of benzene rings is 1. The van der Waals surface area contributed by atoms with Gasteiger partial charge in [0.1, 0.15) is 0 Å². The van der Waals surface area contributed by atoms with Crippen molar-refractivity contribution in [2.75, 3.05) is 13.1 Å². The summed E-state index contributed by atoms with van der Waals surface area (Å²) in [6, 6.07) is 6.73. The molecule has 1 fully saturated rings. The molecule has 4 rings (SSSR count). The molecule has 0 bridgehead atoms. The highest BCUT2D eigenvalue weighted by Gasteiger charge is 2.42. The third kappa shape index (κ3) is 2.65. The predicted molar refractivity (Wildman–Crippen MR) is 98.0 cm³/mol. The Morgan fingerprint density at radius 1 is 1.44 bits per heavy atom. The fraction of sp³-hybridized carbons (Fsp3) is 0.350. The zero-order valence-corrected chi connectivity index (χ0v) is 14.0. The predicted octanol–water partition coefficient (Wildman–Crippen LogP) is 2.48. The number of hydrogen-bond acceptors (Lipinski definition) is 3. The lowest BCUT2D eigenvalue weighted by Crippen LogP contribution is -2.51. The van der Waals surface area contributed by atoms with Crippen LogP contribution in [0.2, 0.25) is 0 Å². The van der Waals surface area contributed by atoms with Crippen LogP contribution in [0, 0.1) is 5.92 Å². The third-order valence-electron chi connectivity index (χ3n) is 5.55. The number of carbonyl (C=O) groups is 2. The molecule has 1 aliphatic carbocycles. The van der Waals surface area contributed by atoms with Crippen LogP contribution in [-0.2, 0) is 16.0 Å². The second kappa shape index (κ2) is 6.41. The van der Waals surface area contributed by atoms with Crippen LogP contribution in [0.4, 0.5) is 0 Å². The molecule has 1 aliphatic heterocycles. The topological polar surface area (TPSA) is 65.5 Å². The summed E-state index contributed by atoms with van der Waals surface area (Å²) in [5.41, 5.74) is 3.83. The number of aromatic nitrogens is 1. The average Bonchev–Trinajstić information content (AvgIpc) is 3.05. The Kier molecular flexibility index (Phi) is 4.09. The van der Waals surface area contributed by atoms with Gasteiger partial charge in [0.05, 0.1) is 12.1 Å². The van der Waals surface area contributed by atoms with Gasteiger partial charge in [-0.25, -0.2) is 4.99 Å². The van der Waals surface area contributed by atoms with E-state index in [1.807, 2.05) is 6.08 Å². The van der Waals surface area contributed by atoms with Gasteiger partial charge in [0.2, 0.25) is 5.91 Å². The molecular weight excluding hydrogens is 314 g/mol. The van der Waals surface area contributed by atoms with Crippen LogP contribution >= 0.6 is 0 Å². The molecule has 25 heavy (non-hydrogen) atoms. The smallest absolute Gasteiger partial charge is 0.250 e. The van der Waals surface area contributed by atoms with Crippen LogP contribution < -0.4 is 0 Å². The highest BCUT2D eigenvalue weighted by Crippen LogP contribution is 2.44. The first-order valence-electron chi connectivity index (χ1n) is 8.68. The Balaban J connectivity index is 1.74. The number of amides is 1. The maximum absolute atomic E-state index is 12.4. The Bertz CT molecular complexity index is 867. The van der Waals surface area contributed by atoms with E-state index in [1.165, 1.54) is 16.5 Å². The highest BCUT2D eigenvalue weighted by molar-refractivity contribution is 6.16. The average molecular weight is 335 g/mol. The number of nitrogens with one attached hydrogen (secondary N) is 1. The standard InChI is InChI=1S/C20H21N3O2/c1-2-7-23-12-14(20(25)21-6-8-24)9-16-15-4-3-5-17-19(15)13(11-22-17)10-18(16)23/h2-6,8,11,14,16,18,22H,1,7,9-10,12H2/t14-,16-,18-/m1/s1. The molecule has 1 aromatic carbocycles. The number of aliphatic imine (C=N–C) groups is 1. The minimum Gasteiger partial charge on any atom is -0.361 e.